The lowest BCUT2D eigenvalue weighted by atomic mass is 10.1. The first kappa shape index (κ1) is 12.9. The van der Waals surface area contributed by atoms with Crippen LogP contribution in [0.5, 0.6) is 0 Å². The fraction of sp³-hybridized carbons (Fsp3) is 1.00. The third-order valence-corrected chi connectivity index (χ3v) is 2.06. The molecule has 0 fully saturated rings. The van der Waals surface area contributed by atoms with Gasteiger partial charge in [-0.25, -0.2) is 0 Å². The Bertz CT molecular complexity index is 104. The van der Waals surface area contributed by atoms with Gasteiger partial charge in [0.25, 0.3) is 0 Å². The molecule has 0 radical (unpaired) electrons. The standard InChI is InChI=1S/C11H25NO/c1-5-11(4)8-12-6-7-13-9-10(2)3/h10-12H,5-9H2,1-4H3. The topological polar surface area (TPSA) is 21.3 Å². The number of ether oxygens (including phenoxy) is 1. The highest BCUT2D eigenvalue weighted by Crippen LogP contribution is 1.96. The molecule has 0 saturated carbocycles. The molecule has 0 aromatic carbocycles. The van der Waals surface area contributed by atoms with Crippen LogP contribution >= 0.6 is 0 Å². The maximum absolute atomic E-state index is 5.45. The van der Waals surface area contributed by atoms with Crippen molar-refractivity contribution in [3.63, 3.8) is 0 Å². The molecule has 0 aliphatic rings. The van der Waals surface area contributed by atoms with E-state index in [1.54, 1.807) is 0 Å². The zero-order valence-corrected chi connectivity index (χ0v) is 9.60. The van der Waals surface area contributed by atoms with Crippen molar-refractivity contribution >= 4 is 0 Å². The molecule has 80 valence electrons. The average molecular weight is 187 g/mol. The Morgan fingerprint density at radius 3 is 2.46 bits per heavy atom. The molecule has 2 heteroatoms. The molecule has 0 amide bonds. The van der Waals surface area contributed by atoms with E-state index < -0.39 is 0 Å². The summed E-state index contributed by atoms with van der Waals surface area (Å²) in [6.45, 7) is 12.7. The van der Waals surface area contributed by atoms with Crippen LogP contribution in [0.15, 0.2) is 0 Å². The lowest BCUT2D eigenvalue weighted by molar-refractivity contribution is 0.111. The van der Waals surface area contributed by atoms with Gasteiger partial charge >= 0.3 is 0 Å². The third kappa shape index (κ3) is 9.84. The van der Waals surface area contributed by atoms with Gasteiger partial charge in [0.15, 0.2) is 0 Å². The molecule has 13 heavy (non-hydrogen) atoms. The summed E-state index contributed by atoms with van der Waals surface area (Å²) in [6, 6.07) is 0. The summed E-state index contributed by atoms with van der Waals surface area (Å²) in [7, 11) is 0. The summed E-state index contributed by atoms with van der Waals surface area (Å²) < 4.78 is 5.45. The van der Waals surface area contributed by atoms with Crippen LogP contribution < -0.4 is 5.32 Å². The van der Waals surface area contributed by atoms with Crippen LogP contribution in [-0.4, -0.2) is 26.3 Å². The largest absolute Gasteiger partial charge is 0.380 e. The smallest absolute Gasteiger partial charge is 0.0591 e. The molecule has 0 rings (SSSR count). The maximum Gasteiger partial charge on any atom is 0.0591 e. The Morgan fingerprint density at radius 1 is 1.23 bits per heavy atom. The lowest BCUT2D eigenvalue weighted by Gasteiger charge is -2.10. The highest BCUT2D eigenvalue weighted by atomic mass is 16.5. The van der Waals surface area contributed by atoms with Crippen LogP contribution in [0, 0.1) is 11.8 Å². The molecule has 0 aromatic rings. The van der Waals surface area contributed by atoms with E-state index in [0.717, 1.165) is 32.2 Å². The molecule has 0 aliphatic carbocycles. The summed E-state index contributed by atoms with van der Waals surface area (Å²) in [5.41, 5.74) is 0. The van der Waals surface area contributed by atoms with Crippen molar-refractivity contribution in [3.05, 3.63) is 0 Å². The number of hydrogen-bond donors (Lipinski definition) is 1. The van der Waals surface area contributed by atoms with Crippen molar-refractivity contribution in [2.45, 2.75) is 34.1 Å². The Kier molecular flexibility index (Phi) is 8.46. The SMILES string of the molecule is CCC(C)CNCCOCC(C)C. The molecule has 1 atom stereocenters. The van der Waals surface area contributed by atoms with Crippen LogP contribution in [-0.2, 0) is 4.74 Å². The Labute approximate surface area is 83.1 Å². The van der Waals surface area contributed by atoms with E-state index in [-0.39, 0.29) is 0 Å². The monoisotopic (exact) mass is 187 g/mol. The maximum atomic E-state index is 5.45. The first-order valence-corrected chi connectivity index (χ1v) is 5.45. The van der Waals surface area contributed by atoms with E-state index in [9.17, 15) is 0 Å². The lowest BCUT2D eigenvalue weighted by Crippen LogP contribution is -2.25. The molecule has 2 nitrogen and oxygen atoms in total. The van der Waals surface area contributed by atoms with Crippen molar-refractivity contribution in [1.29, 1.82) is 0 Å². The van der Waals surface area contributed by atoms with E-state index >= 15 is 0 Å². The summed E-state index contributed by atoms with van der Waals surface area (Å²) in [5, 5.41) is 3.38. The van der Waals surface area contributed by atoms with Gasteiger partial charge < -0.3 is 10.1 Å². The number of rotatable bonds is 8. The molecular formula is C11H25NO. The van der Waals surface area contributed by atoms with Crippen LogP contribution in [0.4, 0.5) is 0 Å². The van der Waals surface area contributed by atoms with Crippen molar-refractivity contribution in [2.75, 3.05) is 26.3 Å². The van der Waals surface area contributed by atoms with Crippen LogP contribution in [0.25, 0.3) is 0 Å². The number of nitrogens with one attached hydrogen (secondary N) is 1. The van der Waals surface area contributed by atoms with Crippen LogP contribution in [0.3, 0.4) is 0 Å². The molecule has 0 bridgehead atoms. The van der Waals surface area contributed by atoms with Crippen molar-refractivity contribution in [2.24, 2.45) is 11.8 Å². The van der Waals surface area contributed by atoms with E-state index in [2.05, 4.69) is 33.0 Å². The molecule has 0 aliphatic heterocycles. The first-order chi connectivity index (χ1) is 6.16. The second kappa shape index (κ2) is 8.52. The van der Waals surface area contributed by atoms with Gasteiger partial charge in [-0.3, -0.25) is 0 Å². The van der Waals surface area contributed by atoms with E-state index in [1.165, 1.54) is 6.42 Å². The van der Waals surface area contributed by atoms with Gasteiger partial charge in [-0.2, -0.15) is 0 Å². The third-order valence-electron chi connectivity index (χ3n) is 2.06. The second-order valence-corrected chi connectivity index (χ2v) is 4.19. The number of hydrogen-bond acceptors (Lipinski definition) is 2. The van der Waals surface area contributed by atoms with Gasteiger partial charge in [0, 0.05) is 13.2 Å². The first-order valence-electron chi connectivity index (χ1n) is 5.45. The minimum atomic E-state index is 0.648. The van der Waals surface area contributed by atoms with E-state index in [1.807, 2.05) is 0 Å². The van der Waals surface area contributed by atoms with Gasteiger partial charge in [-0.15, -0.1) is 0 Å². The molecular weight excluding hydrogens is 162 g/mol. The second-order valence-electron chi connectivity index (χ2n) is 4.19. The zero-order chi connectivity index (χ0) is 10.1. The van der Waals surface area contributed by atoms with Gasteiger partial charge in [0.2, 0.25) is 0 Å². The Hall–Kier alpha value is -0.0800. The summed E-state index contributed by atoms with van der Waals surface area (Å²) in [6.07, 6.45) is 1.25. The molecule has 1 unspecified atom stereocenters. The average Bonchev–Trinajstić information content (AvgIpc) is 2.10. The van der Waals surface area contributed by atoms with Crippen molar-refractivity contribution in [1.82, 2.24) is 5.32 Å². The highest BCUT2D eigenvalue weighted by Gasteiger charge is 1.97. The minimum Gasteiger partial charge on any atom is -0.380 e. The molecule has 1 N–H and O–H groups in total. The zero-order valence-electron chi connectivity index (χ0n) is 9.60. The normalized spacial score (nSPS) is 13.6. The Morgan fingerprint density at radius 2 is 1.92 bits per heavy atom. The van der Waals surface area contributed by atoms with Crippen molar-refractivity contribution < 1.29 is 4.74 Å². The summed E-state index contributed by atoms with van der Waals surface area (Å²) in [5.74, 6) is 1.43. The molecule has 0 saturated heterocycles. The van der Waals surface area contributed by atoms with Crippen molar-refractivity contribution in [3.8, 4) is 0 Å². The summed E-state index contributed by atoms with van der Waals surface area (Å²) in [4.78, 5) is 0. The van der Waals surface area contributed by atoms with Gasteiger partial charge in [0.05, 0.1) is 6.61 Å². The quantitative estimate of drug-likeness (QED) is 0.589. The predicted molar refractivity (Wildman–Crippen MR) is 58.0 cm³/mol. The van der Waals surface area contributed by atoms with Gasteiger partial charge in [-0.05, 0) is 18.4 Å². The summed E-state index contributed by atoms with van der Waals surface area (Å²) >= 11 is 0. The fourth-order valence-corrected chi connectivity index (χ4v) is 0.956. The predicted octanol–water partition coefficient (Wildman–Crippen LogP) is 2.29. The van der Waals surface area contributed by atoms with Crippen LogP contribution in [0.2, 0.25) is 0 Å². The van der Waals surface area contributed by atoms with Gasteiger partial charge in [-0.1, -0.05) is 34.1 Å². The molecule has 0 heterocycles. The van der Waals surface area contributed by atoms with E-state index in [4.69, 9.17) is 4.74 Å². The fourth-order valence-electron chi connectivity index (χ4n) is 0.956. The molecule has 0 aromatic heterocycles. The van der Waals surface area contributed by atoms with E-state index in [0.29, 0.717) is 5.92 Å². The van der Waals surface area contributed by atoms with Gasteiger partial charge in [0.1, 0.15) is 0 Å². The molecule has 0 spiro atoms. The highest BCUT2D eigenvalue weighted by molar-refractivity contribution is 4.54. The Balaban J connectivity index is 2.99. The van der Waals surface area contributed by atoms with Crippen LogP contribution in [0.1, 0.15) is 34.1 Å². The minimum absolute atomic E-state index is 0.648.